The number of aliphatic carboxylic acids is 1. The van der Waals surface area contributed by atoms with Crippen LogP contribution in [0.5, 0.6) is 0 Å². The summed E-state index contributed by atoms with van der Waals surface area (Å²) < 4.78 is 43.4. The van der Waals surface area contributed by atoms with E-state index in [0.29, 0.717) is 29.8 Å². The third kappa shape index (κ3) is 6.52. The minimum atomic E-state index is -4.78. The summed E-state index contributed by atoms with van der Waals surface area (Å²) in [5.41, 5.74) is 12.4. The van der Waals surface area contributed by atoms with E-state index < -0.39 is 29.5 Å². The molecule has 0 radical (unpaired) electrons. The van der Waals surface area contributed by atoms with Crippen LogP contribution < -0.4 is 16.8 Å². The number of benzene rings is 2. The fourth-order valence-corrected chi connectivity index (χ4v) is 4.53. The SMILES string of the molecule is Cl.Cl.N=C(N)c1cccc(C(CNC(=O)c2ccc(-n3nc(CN)c4c3CCC4)c(C(F)(F)F)c2)C(=O)O)c1. The Labute approximate surface area is 234 Å². The van der Waals surface area contributed by atoms with Gasteiger partial charge in [-0.25, -0.2) is 4.68 Å². The van der Waals surface area contributed by atoms with E-state index in [4.69, 9.17) is 16.9 Å². The Bertz CT molecular complexity index is 1390. The molecule has 0 aliphatic heterocycles. The maximum atomic E-state index is 14.1. The Morgan fingerprint density at radius 2 is 1.85 bits per heavy atom. The van der Waals surface area contributed by atoms with Crippen LogP contribution in [0.4, 0.5) is 13.2 Å². The Hall–Kier alpha value is -3.61. The Morgan fingerprint density at radius 3 is 2.46 bits per heavy atom. The molecule has 39 heavy (non-hydrogen) atoms. The first-order valence-corrected chi connectivity index (χ1v) is 11.5. The molecule has 0 spiro atoms. The van der Waals surface area contributed by atoms with Crippen LogP contribution in [0.15, 0.2) is 42.5 Å². The third-order valence-electron chi connectivity index (χ3n) is 6.36. The molecule has 14 heteroatoms. The number of carbonyl (C=O) groups excluding carboxylic acids is 1. The minimum Gasteiger partial charge on any atom is -0.481 e. The second-order valence-electron chi connectivity index (χ2n) is 8.71. The highest BCUT2D eigenvalue weighted by Crippen LogP contribution is 2.37. The zero-order valence-electron chi connectivity index (χ0n) is 20.4. The number of aromatic nitrogens is 2. The molecule has 7 N–H and O–H groups in total. The van der Waals surface area contributed by atoms with Gasteiger partial charge in [-0.05, 0) is 54.7 Å². The largest absolute Gasteiger partial charge is 0.481 e. The molecule has 1 aromatic heterocycles. The van der Waals surface area contributed by atoms with Crippen molar-refractivity contribution >= 4 is 42.5 Å². The number of alkyl halides is 3. The quantitative estimate of drug-likeness (QED) is 0.200. The highest BCUT2D eigenvalue weighted by atomic mass is 35.5. The van der Waals surface area contributed by atoms with Crippen LogP contribution in [0, 0.1) is 5.41 Å². The van der Waals surface area contributed by atoms with Gasteiger partial charge in [0.2, 0.25) is 0 Å². The Morgan fingerprint density at radius 1 is 1.13 bits per heavy atom. The number of nitrogens with two attached hydrogens (primary N) is 2. The molecule has 0 bridgehead atoms. The maximum Gasteiger partial charge on any atom is 0.418 e. The lowest BCUT2D eigenvalue weighted by Gasteiger charge is -2.17. The molecule has 4 rings (SSSR count). The van der Waals surface area contributed by atoms with Crippen molar-refractivity contribution in [2.75, 3.05) is 6.54 Å². The lowest BCUT2D eigenvalue weighted by molar-refractivity contribution is -0.139. The summed E-state index contributed by atoms with van der Waals surface area (Å²) in [6.45, 7) is -0.275. The standard InChI is InChI=1S/C25H25F3N6O3.2ClH/c26-25(27,28)18-10-15(7-8-21(18)34-20-6-2-5-16(20)19(11-29)33-34)23(35)32-12-17(24(36)37)13-3-1-4-14(9-13)22(30)31;;/h1,3-4,7-10,17H,2,5-6,11-12,29H2,(H3,30,31)(H,32,35)(H,36,37);2*1H. The van der Waals surface area contributed by atoms with Crippen LogP contribution >= 0.6 is 24.8 Å². The molecule has 210 valence electrons. The maximum absolute atomic E-state index is 14.1. The molecule has 1 aliphatic carbocycles. The molecule has 1 atom stereocenters. The van der Waals surface area contributed by atoms with Crippen LogP contribution in [0.25, 0.3) is 5.69 Å². The van der Waals surface area contributed by atoms with Crippen molar-refractivity contribution < 1.29 is 27.9 Å². The van der Waals surface area contributed by atoms with Gasteiger partial charge in [0.15, 0.2) is 0 Å². The summed E-state index contributed by atoms with van der Waals surface area (Å²) in [5, 5.41) is 23.9. The number of nitrogens with one attached hydrogen (secondary N) is 2. The highest BCUT2D eigenvalue weighted by Gasteiger charge is 2.36. The number of carbonyl (C=O) groups is 2. The van der Waals surface area contributed by atoms with E-state index in [-0.39, 0.29) is 60.6 Å². The first-order valence-electron chi connectivity index (χ1n) is 11.5. The van der Waals surface area contributed by atoms with E-state index in [1.165, 1.54) is 41.1 Å². The molecule has 1 aliphatic rings. The van der Waals surface area contributed by atoms with Crippen molar-refractivity contribution in [3.8, 4) is 5.69 Å². The molecule has 0 saturated carbocycles. The number of halogens is 5. The molecular weight excluding hydrogens is 560 g/mol. The van der Waals surface area contributed by atoms with E-state index in [0.717, 1.165) is 18.1 Å². The summed E-state index contributed by atoms with van der Waals surface area (Å²) in [6, 6.07) is 9.16. The first-order chi connectivity index (χ1) is 17.5. The van der Waals surface area contributed by atoms with E-state index in [9.17, 15) is 27.9 Å². The van der Waals surface area contributed by atoms with Crippen LogP contribution in [-0.2, 0) is 30.4 Å². The lowest BCUT2D eigenvalue weighted by atomic mass is 9.96. The number of nitrogens with zero attached hydrogens (tertiary/aromatic N) is 2. The molecule has 0 saturated heterocycles. The lowest BCUT2D eigenvalue weighted by Crippen LogP contribution is -2.32. The number of rotatable bonds is 8. The van der Waals surface area contributed by atoms with Crippen molar-refractivity contribution in [1.82, 2.24) is 15.1 Å². The van der Waals surface area contributed by atoms with Gasteiger partial charge in [0, 0.05) is 29.9 Å². The summed E-state index contributed by atoms with van der Waals surface area (Å²) in [7, 11) is 0. The number of amidine groups is 1. The fourth-order valence-electron chi connectivity index (χ4n) is 4.53. The van der Waals surface area contributed by atoms with Gasteiger partial charge in [-0.2, -0.15) is 18.3 Å². The summed E-state index contributed by atoms with van der Waals surface area (Å²) in [6.07, 6.45) is -2.71. The minimum absolute atomic E-state index is 0. The number of nitrogen functional groups attached to an aromatic ring is 1. The van der Waals surface area contributed by atoms with Crippen molar-refractivity contribution in [3.63, 3.8) is 0 Å². The van der Waals surface area contributed by atoms with Gasteiger partial charge in [-0.1, -0.05) is 18.2 Å². The number of carboxylic acids is 1. The topological polar surface area (TPSA) is 160 Å². The zero-order chi connectivity index (χ0) is 26.9. The molecule has 3 aromatic rings. The normalized spacial score (nSPS) is 13.0. The van der Waals surface area contributed by atoms with E-state index in [1.54, 1.807) is 0 Å². The second kappa shape index (κ2) is 12.5. The van der Waals surface area contributed by atoms with Crippen molar-refractivity contribution in [2.45, 2.75) is 37.9 Å². The van der Waals surface area contributed by atoms with Gasteiger partial charge in [-0.15, -0.1) is 24.8 Å². The summed E-state index contributed by atoms with van der Waals surface area (Å²) in [4.78, 5) is 24.6. The Balaban J connectivity index is 0.00000267. The van der Waals surface area contributed by atoms with Crippen LogP contribution in [-0.4, -0.2) is 39.1 Å². The van der Waals surface area contributed by atoms with Gasteiger partial charge in [0.05, 0.1) is 22.9 Å². The molecule has 2 aromatic carbocycles. The van der Waals surface area contributed by atoms with Crippen LogP contribution in [0.2, 0.25) is 0 Å². The van der Waals surface area contributed by atoms with E-state index in [1.807, 2.05) is 0 Å². The van der Waals surface area contributed by atoms with Crippen LogP contribution in [0.3, 0.4) is 0 Å². The van der Waals surface area contributed by atoms with E-state index in [2.05, 4.69) is 10.4 Å². The Kier molecular flexibility index (Phi) is 10.1. The smallest absolute Gasteiger partial charge is 0.418 e. The number of fused-ring (bicyclic) bond motifs is 1. The summed E-state index contributed by atoms with van der Waals surface area (Å²) >= 11 is 0. The zero-order valence-corrected chi connectivity index (χ0v) is 22.1. The molecule has 0 fully saturated rings. The van der Waals surface area contributed by atoms with Gasteiger partial charge in [0.25, 0.3) is 5.91 Å². The van der Waals surface area contributed by atoms with Crippen molar-refractivity contribution in [3.05, 3.63) is 81.7 Å². The molecule has 9 nitrogen and oxygen atoms in total. The number of hydrogen-bond donors (Lipinski definition) is 5. The number of amides is 1. The average Bonchev–Trinajstić information content (AvgIpc) is 3.46. The molecular formula is C25H27Cl2F3N6O3. The predicted molar refractivity (Wildman–Crippen MR) is 143 cm³/mol. The highest BCUT2D eigenvalue weighted by molar-refractivity contribution is 5.96. The van der Waals surface area contributed by atoms with Gasteiger partial charge >= 0.3 is 12.1 Å². The third-order valence-corrected chi connectivity index (χ3v) is 6.36. The first kappa shape index (κ1) is 31.6. The molecule has 1 heterocycles. The summed E-state index contributed by atoms with van der Waals surface area (Å²) in [5.74, 6) is -3.57. The van der Waals surface area contributed by atoms with Gasteiger partial charge in [-0.3, -0.25) is 15.0 Å². The van der Waals surface area contributed by atoms with Gasteiger partial charge in [0.1, 0.15) is 5.84 Å². The molecule has 1 amide bonds. The van der Waals surface area contributed by atoms with Crippen molar-refractivity contribution in [2.24, 2.45) is 11.5 Å². The number of carboxylic acid groups (broad SMARTS) is 1. The van der Waals surface area contributed by atoms with Crippen LogP contribution in [0.1, 0.15) is 56.3 Å². The average molecular weight is 587 g/mol. The fraction of sp³-hybridized carbons (Fsp3) is 0.280. The predicted octanol–water partition coefficient (Wildman–Crippen LogP) is 3.56. The van der Waals surface area contributed by atoms with E-state index >= 15 is 0 Å². The van der Waals surface area contributed by atoms with Gasteiger partial charge < -0.3 is 21.9 Å². The monoisotopic (exact) mass is 586 g/mol. The number of hydrogen-bond acceptors (Lipinski definition) is 5. The second-order valence-corrected chi connectivity index (χ2v) is 8.71. The molecule has 1 unspecified atom stereocenters. The van der Waals surface area contributed by atoms with Crippen molar-refractivity contribution in [1.29, 1.82) is 5.41 Å².